The Kier molecular flexibility index (Phi) is 3.03. The van der Waals surface area contributed by atoms with Gasteiger partial charge in [-0.25, -0.2) is 0 Å². The summed E-state index contributed by atoms with van der Waals surface area (Å²) in [5, 5.41) is 27.4. The van der Waals surface area contributed by atoms with Crippen molar-refractivity contribution in [1.82, 2.24) is 0 Å². The second-order valence-electron chi connectivity index (χ2n) is 3.12. The minimum Gasteiger partial charge on any atom is -0.394 e. The molecule has 0 aromatic carbocycles. The molecular weight excluding hydrogens is 162 g/mol. The number of nitrogens with two attached hydrogens (primary N) is 1. The molecule has 0 unspecified atom stereocenters. The Morgan fingerprint density at radius 1 is 1.33 bits per heavy atom. The summed E-state index contributed by atoms with van der Waals surface area (Å²) in [4.78, 5) is 0. The van der Waals surface area contributed by atoms with Crippen LogP contribution in [0.4, 0.5) is 0 Å². The van der Waals surface area contributed by atoms with Crippen molar-refractivity contribution < 1.29 is 20.1 Å². The van der Waals surface area contributed by atoms with Crippen molar-refractivity contribution >= 4 is 0 Å². The second kappa shape index (κ2) is 3.68. The van der Waals surface area contributed by atoms with Gasteiger partial charge in [0, 0.05) is 0 Å². The highest BCUT2D eigenvalue weighted by atomic mass is 16.5. The Hall–Kier alpha value is -0.200. The van der Waals surface area contributed by atoms with Gasteiger partial charge in [0.15, 0.2) is 0 Å². The van der Waals surface area contributed by atoms with Gasteiger partial charge in [-0.15, -0.1) is 0 Å². The first-order valence-corrected chi connectivity index (χ1v) is 3.96. The third kappa shape index (κ3) is 1.60. The number of hydrogen-bond donors (Lipinski definition) is 4. The van der Waals surface area contributed by atoms with E-state index in [0.29, 0.717) is 0 Å². The van der Waals surface area contributed by atoms with E-state index in [1.54, 1.807) is 6.92 Å². The molecule has 5 nitrogen and oxygen atoms in total. The third-order valence-electron chi connectivity index (χ3n) is 2.24. The molecule has 1 aliphatic heterocycles. The van der Waals surface area contributed by atoms with Crippen LogP contribution in [0.5, 0.6) is 0 Å². The maximum Gasteiger partial charge on any atom is 0.110 e. The summed E-state index contributed by atoms with van der Waals surface area (Å²) in [5.74, 6) is 0. The Morgan fingerprint density at radius 3 is 2.42 bits per heavy atom. The quantitative estimate of drug-likeness (QED) is 0.365. The van der Waals surface area contributed by atoms with Gasteiger partial charge in [0.1, 0.15) is 18.3 Å². The fourth-order valence-electron chi connectivity index (χ4n) is 1.32. The van der Waals surface area contributed by atoms with Crippen LogP contribution >= 0.6 is 0 Å². The highest BCUT2D eigenvalue weighted by Gasteiger charge is 2.40. The average Bonchev–Trinajstić information content (AvgIpc) is 2.08. The second-order valence-corrected chi connectivity index (χ2v) is 3.12. The predicted molar refractivity (Wildman–Crippen MR) is 41.4 cm³/mol. The van der Waals surface area contributed by atoms with Crippen molar-refractivity contribution in [3.8, 4) is 0 Å². The maximum atomic E-state index is 9.35. The summed E-state index contributed by atoms with van der Waals surface area (Å²) >= 11 is 0. The number of ether oxygens (including phenoxy) is 1. The van der Waals surface area contributed by atoms with Crippen LogP contribution in [0.3, 0.4) is 0 Å². The lowest BCUT2D eigenvalue weighted by atomic mass is 9.94. The first-order valence-electron chi connectivity index (χ1n) is 3.96. The molecule has 0 aromatic rings. The maximum absolute atomic E-state index is 9.35. The van der Waals surface area contributed by atoms with E-state index in [2.05, 4.69) is 0 Å². The van der Waals surface area contributed by atoms with E-state index in [0.717, 1.165) is 0 Å². The van der Waals surface area contributed by atoms with Gasteiger partial charge in [-0.1, -0.05) is 0 Å². The number of aliphatic hydroxyl groups is 3. The first-order chi connectivity index (χ1) is 5.57. The number of aliphatic hydroxyl groups excluding tert-OH is 3. The van der Waals surface area contributed by atoms with Crippen molar-refractivity contribution in [1.29, 1.82) is 0 Å². The van der Waals surface area contributed by atoms with Crippen molar-refractivity contribution in [2.24, 2.45) is 5.73 Å². The van der Waals surface area contributed by atoms with Crippen LogP contribution in [0.2, 0.25) is 0 Å². The standard InChI is InChI=1S/C7H15NO4/c1-3-5(8)7(11)6(10)4(2-9)12-3/h3-7,9-11H,2,8H2,1H3/t3-,4-,5-,6-,7-/m1/s1. The van der Waals surface area contributed by atoms with Crippen LogP contribution in [0, 0.1) is 0 Å². The third-order valence-corrected chi connectivity index (χ3v) is 2.24. The molecule has 1 saturated heterocycles. The van der Waals surface area contributed by atoms with Gasteiger partial charge in [0.2, 0.25) is 0 Å². The van der Waals surface area contributed by atoms with Crippen LogP contribution in [0.1, 0.15) is 6.92 Å². The lowest BCUT2D eigenvalue weighted by Gasteiger charge is -2.39. The summed E-state index contributed by atoms with van der Waals surface area (Å²) < 4.78 is 5.15. The van der Waals surface area contributed by atoms with Crippen molar-refractivity contribution in [3.63, 3.8) is 0 Å². The largest absolute Gasteiger partial charge is 0.394 e. The van der Waals surface area contributed by atoms with Crippen LogP contribution < -0.4 is 5.73 Å². The van der Waals surface area contributed by atoms with Gasteiger partial charge < -0.3 is 25.8 Å². The number of rotatable bonds is 1. The Labute approximate surface area is 70.8 Å². The molecule has 1 heterocycles. The summed E-state index contributed by atoms with van der Waals surface area (Å²) in [6.45, 7) is 1.39. The summed E-state index contributed by atoms with van der Waals surface area (Å²) in [6.07, 6.45) is -3.19. The average molecular weight is 177 g/mol. The SMILES string of the molecule is C[C@H]1O[C@H](CO)[C@@H](O)[C@H](O)[C@@H]1N. The molecular formula is C7H15NO4. The topological polar surface area (TPSA) is 95.9 Å². The molecule has 0 bridgehead atoms. The van der Waals surface area contributed by atoms with Crippen LogP contribution in [-0.4, -0.2) is 52.4 Å². The molecule has 0 aliphatic carbocycles. The summed E-state index contributed by atoms with van der Waals surface area (Å²) in [5.41, 5.74) is 5.51. The van der Waals surface area contributed by atoms with Gasteiger partial charge in [0.25, 0.3) is 0 Å². The molecule has 12 heavy (non-hydrogen) atoms. The van der Waals surface area contributed by atoms with Crippen LogP contribution in [-0.2, 0) is 4.74 Å². The zero-order valence-electron chi connectivity index (χ0n) is 6.92. The Morgan fingerprint density at radius 2 is 1.92 bits per heavy atom. The van der Waals surface area contributed by atoms with E-state index >= 15 is 0 Å². The van der Waals surface area contributed by atoms with E-state index in [9.17, 15) is 10.2 Å². The van der Waals surface area contributed by atoms with Crippen molar-refractivity contribution in [2.75, 3.05) is 6.61 Å². The molecule has 0 radical (unpaired) electrons. The normalized spacial score (nSPS) is 49.2. The van der Waals surface area contributed by atoms with Crippen molar-refractivity contribution in [3.05, 3.63) is 0 Å². The van der Waals surface area contributed by atoms with E-state index in [1.807, 2.05) is 0 Å². The molecule has 5 atom stereocenters. The molecule has 0 amide bonds. The van der Waals surface area contributed by atoms with E-state index in [-0.39, 0.29) is 12.7 Å². The minimum atomic E-state index is -1.10. The van der Waals surface area contributed by atoms with Gasteiger partial charge >= 0.3 is 0 Å². The van der Waals surface area contributed by atoms with Crippen LogP contribution in [0.25, 0.3) is 0 Å². The fraction of sp³-hybridized carbons (Fsp3) is 1.00. The number of hydrogen-bond acceptors (Lipinski definition) is 5. The van der Waals surface area contributed by atoms with Gasteiger partial charge in [-0.2, -0.15) is 0 Å². The van der Waals surface area contributed by atoms with Gasteiger partial charge in [-0.3, -0.25) is 0 Å². The molecule has 0 spiro atoms. The fourth-order valence-corrected chi connectivity index (χ4v) is 1.32. The Bertz CT molecular complexity index is 150. The highest BCUT2D eigenvalue weighted by Crippen LogP contribution is 2.18. The summed E-state index contributed by atoms with van der Waals surface area (Å²) in [6, 6.07) is -0.595. The molecule has 1 rings (SSSR count). The van der Waals surface area contributed by atoms with E-state index in [1.165, 1.54) is 0 Å². The Balaban J connectivity index is 2.63. The molecule has 1 fully saturated rings. The summed E-state index contributed by atoms with van der Waals surface area (Å²) in [7, 11) is 0. The smallest absolute Gasteiger partial charge is 0.110 e. The van der Waals surface area contributed by atoms with Gasteiger partial charge in [-0.05, 0) is 6.92 Å². The van der Waals surface area contributed by atoms with E-state index < -0.39 is 24.4 Å². The molecule has 0 saturated carbocycles. The molecule has 0 aromatic heterocycles. The monoisotopic (exact) mass is 177 g/mol. The highest BCUT2D eigenvalue weighted by molar-refractivity contribution is 4.92. The minimum absolute atomic E-state index is 0.310. The van der Waals surface area contributed by atoms with Gasteiger partial charge in [0.05, 0.1) is 18.8 Å². The first kappa shape index (κ1) is 9.88. The van der Waals surface area contributed by atoms with Crippen LogP contribution in [0.15, 0.2) is 0 Å². The molecule has 1 aliphatic rings. The van der Waals surface area contributed by atoms with Crippen molar-refractivity contribution in [2.45, 2.75) is 37.4 Å². The molecule has 5 heteroatoms. The predicted octanol–water partition coefficient (Wildman–Crippen LogP) is -2.18. The zero-order chi connectivity index (χ0) is 9.30. The molecule has 72 valence electrons. The lowest BCUT2D eigenvalue weighted by molar-refractivity contribution is -0.183. The zero-order valence-corrected chi connectivity index (χ0v) is 6.92. The van der Waals surface area contributed by atoms with E-state index in [4.69, 9.17) is 15.6 Å². The molecule has 5 N–H and O–H groups in total. The lowest BCUT2D eigenvalue weighted by Crippen LogP contribution is -2.60.